The molecule has 2 heteroatoms. The van der Waals surface area contributed by atoms with Crippen LogP contribution in [0.2, 0.25) is 0 Å². The van der Waals surface area contributed by atoms with E-state index in [0.29, 0.717) is 13.1 Å². The summed E-state index contributed by atoms with van der Waals surface area (Å²) in [6.07, 6.45) is 6.41. The number of rotatable bonds is 2. The van der Waals surface area contributed by atoms with Gasteiger partial charge in [0.05, 0.1) is 0 Å². The maximum absolute atomic E-state index is 13.8. The molecule has 3 fully saturated rings. The normalized spacial score (nSPS) is 46.4. The molecular formula is C11H18FN. The average Bonchev–Trinajstić information content (AvgIpc) is 2.62. The molecule has 74 valence electrons. The van der Waals surface area contributed by atoms with Crippen molar-refractivity contribution in [3.63, 3.8) is 0 Å². The molecule has 3 unspecified atom stereocenters. The molecule has 1 saturated heterocycles. The zero-order valence-corrected chi connectivity index (χ0v) is 8.06. The number of hydrogen-bond donors (Lipinski definition) is 1. The summed E-state index contributed by atoms with van der Waals surface area (Å²) >= 11 is 0. The van der Waals surface area contributed by atoms with Crippen LogP contribution in [0.5, 0.6) is 0 Å². The first-order valence-electron chi connectivity index (χ1n) is 5.65. The maximum atomic E-state index is 13.8. The van der Waals surface area contributed by atoms with E-state index < -0.39 is 5.67 Å². The summed E-state index contributed by atoms with van der Waals surface area (Å²) in [5.41, 5.74) is -0.824. The van der Waals surface area contributed by atoms with Crippen LogP contribution in [-0.4, -0.2) is 18.8 Å². The van der Waals surface area contributed by atoms with Crippen molar-refractivity contribution >= 4 is 0 Å². The molecule has 0 amide bonds. The van der Waals surface area contributed by atoms with E-state index in [-0.39, 0.29) is 0 Å². The van der Waals surface area contributed by atoms with Gasteiger partial charge in [-0.3, -0.25) is 0 Å². The Balaban J connectivity index is 1.61. The van der Waals surface area contributed by atoms with Gasteiger partial charge in [0, 0.05) is 13.1 Å². The Morgan fingerprint density at radius 3 is 2.54 bits per heavy atom. The van der Waals surface area contributed by atoms with E-state index >= 15 is 0 Å². The first-order chi connectivity index (χ1) is 6.25. The summed E-state index contributed by atoms with van der Waals surface area (Å²) in [4.78, 5) is 0. The number of halogens is 1. The van der Waals surface area contributed by atoms with Crippen LogP contribution in [0.3, 0.4) is 0 Å². The molecule has 3 rings (SSSR count). The first-order valence-corrected chi connectivity index (χ1v) is 5.65. The molecule has 1 nitrogen and oxygen atoms in total. The molecule has 13 heavy (non-hydrogen) atoms. The lowest BCUT2D eigenvalue weighted by Gasteiger charge is -2.38. The second-order valence-electron chi connectivity index (χ2n) is 5.39. The highest BCUT2D eigenvalue weighted by molar-refractivity contribution is 4.99. The van der Waals surface area contributed by atoms with Gasteiger partial charge in [0.2, 0.25) is 0 Å². The van der Waals surface area contributed by atoms with Crippen LogP contribution in [0.4, 0.5) is 4.39 Å². The van der Waals surface area contributed by atoms with Crippen LogP contribution in [0, 0.1) is 17.8 Å². The van der Waals surface area contributed by atoms with Gasteiger partial charge >= 0.3 is 0 Å². The predicted octanol–water partition coefficient (Wildman–Crippen LogP) is 2.12. The quantitative estimate of drug-likeness (QED) is 0.691. The molecule has 2 bridgehead atoms. The maximum Gasteiger partial charge on any atom is 0.136 e. The Morgan fingerprint density at radius 2 is 2.08 bits per heavy atom. The zero-order valence-electron chi connectivity index (χ0n) is 8.06. The summed E-state index contributed by atoms with van der Waals surface area (Å²) in [7, 11) is 0. The highest BCUT2D eigenvalue weighted by atomic mass is 19.1. The molecule has 0 aromatic rings. The van der Waals surface area contributed by atoms with Gasteiger partial charge in [-0.25, -0.2) is 4.39 Å². The van der Waals surface area contributed by atoms with Gasteiger partial charge in [-0.05, 0) is 43.4 Å². The van der Waals surface area contributed by atoms with Crippen LogP contribution in [0.15, 0.2) is 0 Å². The smallest absolute Gasteiger partial charge is 0.136 e. The van der Waals surface area contributed by atoms with E-state index in [1.807, 2.05) is 0 Å². The van der Waals surface area contributed by atoms with Gasteiger partial charge < -0.3 is 5.32 Å². The van der Waals surface area contributed by atoms with Gasteiger partial charge in [0.25, 0.3) is 0 Å². The van der Waals surface area contributed by atoms with Crippen LogP contribution >= 0.6 is 0 Å². The summed E-state index contributed by atoms with van der Waals surface area (Å²) in [6, 6.07) is 0. The highest BCUT2D eigenvalue weighted by Gasteiger charge is 2.46. The third kappa shape index (κ3) is 1.30. The van der Waals surface area contributed by atoms with Gasteiger partial charge in [0.15, 0.2) is 0 Å². The van der Waals surface area contributed by atoms with Crippen molar-refractivity contribution < 1.29 is 4.39 Å². The van der Waals surface area contributed by atoms with Crippen molar-refractivity contribution in [2.75, 3.05) is 13.1 Å². The monoisotopic (exact) mass is 183 g/mol. The van der Waals surface area contributed by atoms with Crippen LogP contribution in [0.25, 0.3) is 0 Å². The minimum atomic E-state index is -0.824. The van der Waals surface area contributed by atoms with E-state index in [4.69, 9.17) is 0 Å². The van der Waals surface area contributed by atoms with Gasteiger partial charge in [-0.15, -0.1) is 0 Å². The fraction of sp³-hybridized carbons (Fsp3) is 1.00. The second-order valence-corrected chi connectivity index (χ2v) is 5.39. The third-order valence-corrected chi connectivity index (χ3v) is 4.40. The van der Waals surface area contributed by atoms with E-state index in [2.05, 4.69) is 5.32 Å². The molecule has 3 atom stereocenters. The largest absolute Gasteiger partial charge is 0.310 e. The molecule has 0 spiro atoms. The molecule has 0 radical (unpaired) electrons. The topological polar surface area (TPSA) is 12.0 Å². The standard InChI is InChI=1S/C11H18FN/c12-11(6-13-7-11)5-10-4-8-1-2-9(10)3-8/h8-10,13H,1-7H2. The van der Waals surface area contributed by atoms with Crippen LogP contribution in [0.1, 0.15) is 32.1 Å². The third-order valence-electron chi connectivity index (χ3n) is 4.40. The van der Waals surface area contributed by atoms with Crippen molar-refractivity contribution in [2.24, 2.45) is 17.8 Å². The molecule has 1 aliphatic heterocycles. The number of fused-ring (bicyclic) bond motifs is 2. The fourth-order valence-corrected chi connectivity index (χ4v) is 3.64. The summed E-state index contributed by atoms with van der Waals surface area (Å²) < 4.78 is 13.8. The lowest BCUT2D eigenvalue weighted by atomic mass is 9.79. The second kappa shape index (κ2) is 2.69. The van der Waals surface area contributed by atoms with Crippen molar-refractivity contribution in [2.45, 2.75) is 37.8 Å². The summed E-state index contributed by atoms with van der Waals surface area (Å²) in [5.74, 6) is 2.58. The van der Waals surface area contributed by atoms with Crippen molar-refractivity contribution in [1.29, 1.82) is 0 Å². The highest BCUT2D eigenvalue weighted by Crippen LogP contribution is 2.51. The van der Waals surface area contributed by atoms with E-state index in [9.17, 15) is 4.39 Å². The number of alkyl halides is 1. The Labute approximate surface area is 79.1 Å². The van der Waals surface area contributed by atoms with Crippen molar-refractivity contribution in [3.8, 4) is 0 Å². The average molecular weight is 183 g/mol. The molecule has 2 saturated carbocycles. The summed E-state index contributed by atoms with van der Waals surface area (Å²) in [5, 5.41) is 3.04. The number of nitrogens with one attached hydrogen (secondary N) is 1. The van der Waals surface area contributed by atoms with Crippen molar-refractivity contribution in [1.82, 2.24) is 5.32 Å². The Kier molecular flexibility index (Phi) is 1.70. The fourth-order valence-electron chi connectivity index (χ4n) is 3.64. The minimum Gasteiger partial charge on any atom is -0.310 e. The lowest BCUT2D eigenvalue weighted by molar-refractivity contribution is 0.0491. The first kappa shape index (κ1) is 8.22. The van der Waals surface area contributed by atoms with E-state index in [1.54, 1.807) is 0 Å². The molecule has 3 aliphatic rings. The molecule has 1 heterocycles. The Bertz CT molecular complexity index is 212. The SMILES string of the molecule is FC1(CC2CC3CCC2C3)CNC1. The summed E-state index contributed by atoms with van der Waals surface area (Å²) in [6.45, 7) is 1.22. The minimum absolute atomic E-state index is 0.612. The number of hydrogen-bond acceptors (Lipinski definition) is 1. The molecular weight excluding hydrogens is 165 g/mol. The molecule has 2 aliphatic carbocycles. The van der Waals surface area contributed by atoms with E-state index in [0.717, 1.165) is 24.2 Å². The van der Waals surface area contributed by atoms with Gasteiger partial charge in [-0.1, -0.05) is 6.42 Å². The van der Waals surface area contributed by atoms with E-state index in [1.165, 1.54) is 25.7 Å². The molecule has 0 aromatic carbocycles. The molecule has 1 N–H and O–H groups in total. The lowest BCUT2D eigenvalue weighted by Crippen LogP contribution is -2.57. The predicted molar refractivity (Wildman–Crippen MR) is 50.3 cm³/mol. The Hall–Kier alpha value is -0.110. The van der Waals surface area contributed by atoms with Gasteiger partial charge in [-0.2, -0.15) is 0 Å². The van der Waals surface area contributed by atoms with Crippen LogP contribution in [-0.2, 0) is 0 Å². The molecule has 0 aromatic heterocycles. The zero-order chi connectivity index (χ0) is 8.89. The van der Waals surface area contributed by atoms with Gasteiger partial charge in [0.1, 0.15) is 5.67 Å². The van der Waals surface area contributed by atoms with Crippen molar-refractivity contribution in [3.05, 3.63) is 0 Å². The Morgan fingerprint density at radius 1 is 1.23 bits per heavy atom. The van der Waals surface area contributed by atoms with Crippen LogP contribution < -0.4 is 5.32 Å².